The van der Waals surface area contributed by atoms with Crippen LogP contribution in [0.4, 0.5) is 18.3 Å². The number of amides is 1. The predicted molar refractivity (Wildman–Crippen MR) is 110 cm³/mol. The number of hydrogen-bond donors (Lipinski definition) is 1. The van der Waals surface area contributed by atoms with Crippen molar-refractivity contribution in [3.8, 4) is 5.75 Å². The van der Waals surface area contributed by atoms with Gasteiger partial charge in [-0.25, -0.2) is 4.79 Å². The fourth-order valence-electron chi connectivity index (χ4n) is 2.23. The molecule has 0 radical (unpaired) electrons. The maximum absolute atomic E-state index is 12.8. The SMILES string of the molecule is CCC(=O)Nc1nnc(SCc2cc(=O)c(OC(=O)c3cccc(C(F)(F)F)c3)co2)s1. The van der Waals surface area contributed by atoms with E-state index in [2.05, 4.69) is 15.5 Å². The molecule has 0 atom stereocenters. The van der Waals surface area contributed by atoms with Crippen LogP contribution in [-0.2, 0) is 16.7 Å². The van der Waals surface area contributed by atoms with Crippen LogP contribution in [-0.4, -0.2) is 22.1 Å². The molecule has 0 unspecified atom stereocenters. The Labute approximate surface area is 186 Å². The number of anilines is 1. The molecule has 3 aromatic rings. The zero-order chi connectivity index (χ0) is 23.3. The first kappa shape index (κ1) is 23.5. The summed E-state index contributed by atoms with van der Waals surface area (Å²) in [6.07, 6.45) is -3.40. The van der Waals surface area contributed by atoms with Crippen molar-refractivity contribution < 1.29 is 31.9 Å². The van der Waals surface area contributed by atoms with Crippen LogP contribution in [0.3, 0.4) is 0 Å². The Morgan fingerprint density at radius 1 is 1.25 bits per heavy atom. The second kappa shape index (κ2) is 9.96. The van der Waals surface area contributed by atoms with Crippen LogP contribution in [0, 0.1) is 0 Å². The summed E-state index contributed by atoms with van der Waals surface area (Å²) in [6.45, 7) is 1.70. The summed E-state index contributed by atoms with van der Waals surface area (Å²) in [7, 11) is 0. The van der Waals surface area contributed by atoms with Gasteiger partial charge in [-0.3, -0.25) is 9.59 Å². The van der Waals surface area contributed by atoms with Crippen LogP contribution in [0.5, 0.6) is 5.75 Å². The Morgan fingerprint density at radius 3 is 2.72 bits per heavy atom. The quantitative estimate of drug-likeness (QED) is 0.298. The third-order valence-electron chi connectivity index (χ3n) is 3.79. The maximum atomic E-state index is 12.8. The van der Waals surface area contributed by atoms with E-state index in [1.807, 2.05) is 0 Å². The molecule has 1 N–H and O–H groups in total. The number of nitrogens with zero attached hydrogens (tertiary/aromatic N) is 2. The Morgan fingerprint density at radius 2 is 2.03 bits per heavy atom. The number of carbonyl (C=O) groups is 2. The molecule has 0 aliphatic rings. The molecule has 0 fully saturated rings. The number of ether oxygens (including phenoxy) is 1. The molecule has 32 heavy (non-hydrogen) atoms. The third kappa shape index (κ3) is 6.17. The van der Waals surface area contributed by atoms with Gasteiger partial charge in [0, 0.05) is 12.5 Å². The molecule has 0 spiro atoms. The summed E-state index contributed by atoms with van der Waals surface area (Å²) in [5.74, 6) is -1.33. The van der Waals surface area contributed by atoms with E-state index in [9.17, 15) is 27.6 Å². The van der Waals surface area contributed by atoms with E-state index in [4.69, 9.17) is 9.15 Å². The predicted octanol–water partition coefficient (Wildman–Crippen LogP) is 4.37. The number of halogens is 3. The topological polar surface area (TPSA) is 111 Å². The van der Waals surface area contributed by atoms with Gasteiger partial charge in [0.1, 0.15) is 12.0 Å². The number of rotatable bonds is 7. The van der Waals surface area contributed by atoms with Gasteiger partial charge in [0.25, 0.3) is 0 Å². The van der Waals surface area contributed by atoms with Crippen LogP contribution in [0.15, 0.2) is 50.1 Å². The van der Waals surface area contributed by atoms with E-state index in [1.165, 1.54) is 11.8 Å². The van der Waals surface area contributed by atoms with Crippen molar-refractivity contribution >= 4 is 40.1 Å². The summed E-state index contributed by atoms with van der Waals surface area (Å²) >= 11 is 2.36. The van der Waals surface area contributed by atoms with Gasteiger partial charge < -0.3 is 14.5 Å². The van der Waals surface area contributed by atoms with Crippen LogP contribution in [0.2, 0.25) is 0 Å². The molecule has 13 heteroatoms. The molecule has 0 aliphatic heterocycles. The molecular formula is C19H14F3N3O5S2. The van der Waals surface area contributed by atoms with E-state index < -0.39 is 28.9 Å². The standard InChI is InChI=1S/C19H14F3N3O5S2/c1-2-15(27)23-17-24-25-18(32-17)31-9-12-7-13(26)14(8-29-12)30-16(28)10-4-3-5-11(6-10)19(20,21)22/h3-8H,2,9H2,1H3,(H,23,24,27). The normalized spacial score (nSPS) is 11.2. The second-order valence-electron chi connectivity index (χ2n) is 6.11. The molecule has 1 aromatic carbocycles. The Bertz CT molecular complexity index is 1190. The van der Waals surface area contributed by atoms with Gasteiger partial charge in [-0.15, -0.1) is 10.2 Å². The lowest BCUT2D eigenvalue weighted by atomic mass is 10.1. The van der Waals surface area contributed by atoms with Gasteiger partial charge in [-0.1, -0.05) is 36.1 Å². The number of alkyl halides is 3. The van der Waals surface area contributed by atoms with E-state index in [1.54, 1.807) is 6.92 Å². The molecule has 2 aromatic heterocycles. The van der Waals surface area contributed by atoms with Crippen molar-refractivity contribution in [2.45, 2.75) is 29.6 Å². The molecule has 3 rings (SSSR count). The number of nitrogens with one attached hydrogen (secondary N) is 1. The van der Waals surface area contributed by atoms with Crippen molar-refractivity contribution in [2.24, 2.45) is 0 Å². The summed E-state index contributed by atoms with van der Waals surface area (Å²) in [4.78, 5) is 35.7. The van der Waals surface area contributed by atoms with Crippen molar-refractivity contribution in [1.29, 1.82) is 0 Å². The first-order valence-electron chi connectivity index (χ1n) is 8.93. The van der Waals surface area contributed by atoms with E-state index >= 15 is 0 Å². The maximum Gasteiger partial charge on any atom is 0.416 e. The number of aromatic nitrogens is 2. The van der Waals surface area contributed by atoms with E-state index in [0.29, 0.717) is 22.0 Å². The summed E-state index contributed by atoms with van der Waals surface area (Å²) < 4.78 is 49.1. The minimum Gasteiger partial charge on any atom is -0.464 e. The lowest BCUT2D eigenvalue weighted by Crippen LogP contribution is -2.15. The van der Waals surface area contributed by atoms with Gasteiger partial charge in [0.2, 0.25) is 22.2 Å². The monoisotopic (exact) mass is 485 g/mol. The molecule has 168 valence electrons. The summed E-state index contributed by atoms with van der Waals surface area (Å²) in [5, 5.41) is 10.7. The fourth-order valence-corrected chi connectivity index (χ4v) is 3.89. The number of thioether (sulfide) groups is 1. The number of hydrogen-bond acceptors (Lipinski definition) is 9. The minimum atomic E-state index is -4.62. The van der Waals surface area contributed by atoms with E-state index in [0.717, 1.165) is 41.9 Å². The van der Waals surface area contributed by atoms with Gasteiger partial charge in [-0.2, -0.15) is 13.2 Å². The van der Waals surface area contributed by atoms with Gasteiger partial charge in [0.15, 0.2) is 4.34 Å². The molecular weight excluding hydrogens is 471 g/mol. The smallest absolute Gasteiger partial charge is 0.416 e. The van der Waals surface area contributed by atoms with Crippen LogP contribution in [0.1, 0.15) is 35.0 Å². The highest BCUT2D eigenvalue weighted by atomic mass is 32.2. The number of benzene rings is 1. The number of carbonyl (C=O) groups excluding carboxylic acids is 2. The Hall–Kier alpha value is -3.19. The van der Waals surface area contributed by atoms with Crippen molar-refractivity contribution in [3.05, 3.63) is 63.7 Å². The Kier molecular flexibility index (Phi) is 7.30. The minimum absolute atomic E-state index is 0.195. The van der Waals surface area contributed by atoms with Gasteiger partial charge in [0.05, 0.1) is 16.9 Å². The third-order valence-corrected chi connectivity index (χ3v) is 5.79. The zero-order valence-electron chi connectivity index (χ0n) is 16.3. The molecule has 1 amide bonds. The molecule has 0 bridgehead atoms. The first-order chi connectivity index (χ1) is 15.2. The highest BCUT2D eigenvalue weighted by molar-refractivity contribution is 8.00. The van der Waals surface area contributed by atoms with Gasteiger partial charge in [-0.05, 0) is 18.2 Å². The molecule has 8 nitrogen and oxygen atoms in total. The average Bonchev–Trinajstić information content (AvgIpc) is 3.20. The Balaban J connectivity index is 1.62. The largest absolute Gasteiger partial charge is 0.464 e. The fraction of sp³-hybridized carbons (Fsp3) is 0.211. The molecule has 0 aliphatic carbocycles. The lowest BCUT2D eigenvalue weighted by molar-refractivity contribution is -0.137. The molecule has 0 saturated carbocycles. The average molecular weight is 485 g/mol. The van der Waals surface area contributed by atoms with Crippen LogP contribution >= 0.6 is 23.1 Å². The van der Waals surface area contributed by atoms with Crippen molar-refractivity contribution in [3.63, 3.8) is 0 Å². The first-order valence-corrected chi connectivity index (χ1v) is 10.7. The van der Waals surface area contributed by atoms with Crippen molar-refractivity contribution in [2.75, 3.05) is 5.32 Å². The second-order valence-corrected chi connectivity index (χ2v) is 8.31. The highest BCUT2D eigenvalue weighted by Crippen LogP contribution is 2.30. The molecule has 0 saturated heterocycles. The van der Waals surface area contributed by atoms with Gasteiger partial charge >= 0.3 is 12.1 Å². The van der Waals surface area contributed by atoms with Crippen LogP contribution in [0.25, 0.3) is 0 Å². The van der Waals surface area contributed by atoms with Crippen LogP contribution < -0.4 is 15.5 Å². The summed E-state index contributed by atoms with van der Waals surface area (Å²) in [5.41, 5.74) is -2.05. The summed E-state index contributed by atoms with van der Waals surface area (Å²) in [6, 6.07) is 4.76. The zero-order valence-corrected chi connectivity index (χ0v) is 17.9. The lowest BCUT2D eigenvalue weighted by Gasteiger charge is -2.08. The number of esters is 1. The van der Waals surface area contributed by atoms with E-state index in [-0.39, 0.29) is 23.0 Å². The van der Waals surface area contributed by atoms with Crippen molar-refractivity contribution in [1.82, 2.24) is 10.2 Å². The highest BCUT2D eigenvalue weighted by Gasteiger charge is 2.31. The molecule has 2 heterocycles.